The molecule has 0 radical (unpaired) electrons. The van der Waals surface area contributed by atoms with E-state index in [1.165, 1.54) is 6.92 Å². The van der Waals surface area contributed by atoms with Crippen molar-refractivity contribution in [3.8, 4) is 5.75 Å². The minimum atomic E-state index is -0.628. The number of anilines is 1. The lowest BCUT2D eigenvalue weighted by Crippen LogP contribution is -2.44. The van der Waals surface area contributed by atoms with Crippen molar-refractivity contribution in [2.75, 3.05) is 12.4 Å². The van der Waals surface area contributed by atoms with Crippen molar-refractivity contribution < 1.29 is 14.3 Å². The van der Waals surface area contributed by atoms with E-state index in [1.807, 2.05) is 30.3 Å². The Hall–Kier alpha value is -2.82. The third-order valence-corrected chi connectivity index (χ3v) is 3.33. The molecule has 1 atom stereocenters. The third-order valence-electron chi connectivity index (χ3n) is 3.33. The van der Waals surface area contributed by atoms with Crippen LogP contribution in [0.4, 0.5) is 5.69 Å². The Labute approximate surface area is 135 Å². The molecule has 0 aliphatic rings. The molecule has 0 unspecified atom stereocenters. The molecule has 0 aromatic heterocycles. The molecule has 0 saturated carbocycles. The van der Waals surface area contributed by atoms with Crippen LogP contribution in [0.2, 0.25) is 0 Å². The molecule has 120 valence electrons. The number of rotatable bonds is 6. The minimum absolute atomic E-state index is 0.240. The second-order valence-corrected chi connectivity index (χ2v) is 5.16. The summed E-state index contributed by atoms with van der Waals surface area (Å²) < 4.78 is 5.08. The van der Waals surface area contributed by atoms with Crippen molar-refractivity contribution in [2.24, 2.45) is 0 Å². The van der Waals surface area contributed by atoms with Gasteiger partial charge in [-0.2, -0.15) is 0 Å². The first-order valence-corrected chi connectivity index (χ1v) is 7.34. The highest BCUT2D eigenvalue weighted by Gasteiger charge is 2.20. The third kappa shape index (κ3) is 5.14. The molecule has 0 bridgehead atoms. The Balaban J connectivity index is 2.07. The van der Waals surface area contributed by atoms with E-state index in [1.54, 1.807) is 31.4 Å². The number of amides is 2. The summed E-state index contributed by atoms with van der Waals surface area (Å²) in [6.07, 6.45) is 0.433. The molecular weight excluding hydrogens is 292 g/mol. The lowest BCUT2D eigenvalue weighted by Gasteiger charge is -2.18. The summed E-state index contributed by atoms with van der Waals surface area (Å²) in [5.74, 6) is 0.218. The molecular formula is C18H20N2O3. The molecule has 2 aromatic rings. The molecule has 5 nitrogen and oxygen atoms in total. The maximum atomic E-state index is 12.4. The normalized spacial score (nSPS) is 11.4. The zero-order valence-electron chi connectivity index (χ0n) is 13.2. The maximum Gasteiger partial charge on any atom is 0.247 e. The summed E-state index contributed by atoms with van der Waals surface area (Å²) in [4.78, 5) is 23.8. The molecule has 2 aromatic carbocycles. The predicted octanol–water partition coefficient (Wildman–Crippen LogP) is 2.38. The lowest BCUT2D eigenvalue weighted by atomic mass is 10.1. The van der Waals surface area contributed by atoms with Crippen LogP contribution in [-0.2, 0) is 16.0 Å². The van der Waals surface area contributed by atoms with E-state index in [0.29, 0.717) is 17.9 Å². The van der Waals surface area contributed by atoms with Gasteiger partial charge in [0.15, 0.2) is 0 Å². The van der Waals surface area contributed by atoms with E-state index in [4.69, 9.17) is 4.74 Å². The quantitative estimate of drug-likeness (QED) is 0.860. The van der Waals surface area contributed by atoms with Crippen LogP contribution in [0.5, 0.6) is 5.75 Å². The fourth-order valence-corrected chi connectivity index (χ4v) is 2.21. The van der Waals surface area contributed by atoms with E-state index >= 15 is 0 Å². The number of hydrogen-bond acceptors (Lipinski definition) is 3. The molecule has 0 fully saturated rings. The number of nitrogens with one attached hydrogen (secondary N) is 2. The standard InChI is InChI=1S/C18H20N2O3/c1-13(21)19-17(12-14-6-4-3-5-7-14)18(22)20-15-8-10-16(23-2)11-9-15/h3-11,17H,12H2,1-2H3,(H,19,21)(H,20,22)/t17-/m0/s1. The second-order valence-electron chi connectivity index (χ2n) is 5.16. The number of hydrogen-bond donors (Lipinski definition) is 2. The monoisotopic (exact) mass is 312 g/mol. The van der Waals surface area contributed by atoms with Gasteiger partial charge in [-0.15, -0.1) is 0 Å². The summed E-state index contributed by atoms with van der Waals surface area (Å²) in [6.45, 7) is 1.40. The number of benzene rings is 2. The SMILES string of the molecule is COc1ccc(NC(=O)[C@H](Cc2ccccc2)NC(C)=O)cc1. The van der Waals surface area contributed by atoms with Crippen molar-refractivity contribution in [2.45, 2.75) is 19.4 Å². The van der Waals surface area contributed by atoms with Gasteiger partial charge in [0.05, 0.1) is 7.11 Å². The Morgan fingerprint density at radius 2 is 1.70 bits per heavy atom. The number of carbonyl (C=O) groups excluding carboxylic acids is 2. The van der Waals surface area contributed by atoms with Crippen molar-refractivity contribution in [3.63, 3.8) is 0 Å². The van der Waals surface area contributed by atoms with Gasteiger partial charge < -0.3 is 15.4 Å². The topological polar surface area (TPSA) is 67.4 Å². The Morgan fingerprint density at radius 1 is 1.04 bits per heavy atom. The van der Waals surface area contributed by atoms with Gasteiger partial charge in [0.25, 0.3) is 0 Å². The van der Waals surface area contributed by atoms with Crippen LogP contribution >= 0.6 is 0 Å². The molecule has 0 aliphatic heterocycles. The van der Waals surface area contributed by atoms with E-state index in [9.17, 15) is 9.59 Å². The smallest absolute Gasteiger partial charge is 0.247 e. The Kier molecular flexibility index (Phi) is 5.74. The van der Waals surface area contributed by atoms with Crippen LogP contribution in [0.1, 0.15) is 12.5 Å². The second kappa shape index (κ2) is 7.98. The van der Waals surface area contributed by atoms with E-state index in [2.05, 4.69) is 10.6 Å². The highest BCUT2D eigenvalue weighted by molar-refractivity contribution is 5.97. The lowest BCUT2D eigenvalue weighted by molar-refractivity contribution is -0.125. The van der Waals surface area contributed by atoms with Gasteiger partial charge >= 0.3 is 0 Å². The highest BCUT2D eigenvalue weighted by Crippen LogP contribution is 2.15. The van der Waals surface area contributed by atoms with E-state index in [-0.39, 0.29) is 11.8 Å². The van der Waals surface area contributed by atoms with Crippen LogP contribution in [0, 0.1) is 0 Å². The molecule has 2 rings (SSSR count). The van der Waals surface area contributed by atoms with Crippen molar-refractivity contribution in [3.05, 3.63) is 60.2 Å². The summed E-state index contributed by atoms with van der Waals surface area (Å²) >= 11 is 0. The molecule has 2 amide bonds. The molecule has 0 saturated heterocycles. The van der Waals surface area contributed by atoms with Gasteiger partial charge in [0.2, 0.25) is 11.8 Å². The van der Waals surface area contributed by atoms with Crippen LogP contribution in [0.15, 0.2) is 54.6 Å². The van der Waals surface area contributed by atoms with Crippen LogP contribution < -0.4 is 15.4 Å². The van der Waals surface area contributed by atoms with Gasteiger partial charge in [-0.1, -0.05) is 30.3 Å². The molecule has 23 heavy (non-hydrogen) atoms. The molecule has 0 aliphatic carbocycles. The van der Waals surface area contributed by atoms with E-state index in [0.717, 1.165) is 5.56 Å². The zero-order valence-corrected chi connectivity index (χ0v) is 13.2. The first kappa shape index (κ1) is 16.5. The summed E-state index contributed by atoms with van der Waals surface area (Å²) in [5, 5.41) is 5.50. The first-order valence-electron chi connectivity index (χ1n) is 7.34. The average molecular weight is 312 g/mol. The molecule has 5 heteroatoms. The minimum Gasteiger partial charge on any atom is -0.497 e. The average Bonchev–Trinajstić information content (AvgIpc) is 2.55. The summed E-state index contributed by atoms with van der Waals surface area (Å²) in [5.41, 5.74) is 1.63. The van der Waals surface area contributed by atoms with Crippen LogP contribution in [0.25, 0.3) is 0 Å². The fraction of sp³-hybridized carbons (Fsp3) is 0.222. The largest absolute Gasteiger partial charge is 0.497 e. The van der Waals surface area contributed by atoms with Gasteiger partial charge in [-0.25, -0.2) is 0 Å². The highest BCUT2D eigenvalue weighted by atomic mass is 16.5. The van der Waals surface area contributed by atoms with Gasteiger partial charge in [0, 0.05) is 19.0 Å². The van der Waals surface area contributed by atoms with Gasteiger partial charge in [-0.05, 0) is 29.8 Å². The fourth-order valence-electron chi connectivity index (χ4n) is 2.21. The Morgan fingerprint density at radius 3 is 2.26 bits per heavy atom. The number of methoxy groups -OCH3 is 1. The number of ether oxygens (including phenoxy) is 1. The van der Waals surface area contributed by atoms with Gasteiger partial charge in [-0.3, -0.25) is 9.59 Å². The van der Waals surface area contributed by atoms with Crippen LogP contribution in [-0.4, -0.2) is 25.0 Å². The van der Waals surface area contributed by atoms with Crippen molar-refractivity contribution in [1.29, 1.82) is 0 Å². The van der Waals surface area contributed by atoms with E-state index < -0.39 is 6.04 Å². The predicted molar refractivity (Wildman–Crippen MR) is 89.4 cm³/mol. The summed E-state index contributed by atoms with van der Waals surface area (Å²) in [6, 6.07) is 16.0. The van der Waals surface area contributed by atoms with Gasteiger partial charge in [0.1, 0.15) is 11.8 Å². The zero-order chi connectivity index (χ0) is 16.7. The Bertz CT molecular complexity index is 654. The molecule has 0 spiro atoms. The molecule has 2 N–H and O–H groups in total. The van der Waals surface area contributed by atoms with Crippen molar-refractivity contribution >= 4 is 17.5 Å². The molecule has 0 heterocycles. The summed E-state index contributed by atoms with van der Waals surface area (Å²) in [7, 11) is 1.58. The number of carbonyl (C=O) groups is 2. The van der Waals surface area contributed by atoms with Crippen molar-refractivity contribution in [1.82, 2.24) is 5.32 Å². The van der Waals surface area contributed by atoms with Crippen LogP contribution in [0.3, 0.4) is 0 Å². The first-order chi connectivity index (χ1) is 11.1. The maximum absolute atomic E-state index is 12.4.